The Labute approximate surface area is 102 Å². The third-order valence-electron chi connectivity index (χ3n) is 2.86. The van der Waals surface area contributed by atoms with Gasteiger partial charge in [0, 0.05) is 32.2 Å². The Bertz CT molecular complexity index is 379. The van der Waals surface area contributed by atoms with Gasteiger partial charge in [0.15, 0.2) is 0 Å². The normalized spacial score (nSPS) is 14.9. The van der Waals surface area contributed by atoms with Crippen LogP contribution in [0.25, 0.3) is 0 Å². The predicted molar refractivity (Wildman–Crippen MR) is 68.2 cm³/mol. The van der Waals surface area contributed by atoms with E-state index < -0.39 is 0 Å². The third-order valence-corrected chi connectivity index (χ3v) is 2.86. The van der Waals surface area contributed by atoms with Crippen molar-refractivity contribution < 1.29 is 4.74 Å². The number of hydrogen-bond donors (Lipinski definition) is 1. The molecule has 1 aliphatic carbocycles. The first-order valence-electron chi connectivity index (χ1n) is 6.14. The minimum Gasteiger partial charge on any atom is -0.384 e. The highest BCUT2D eigenvalue weighted by Crippen LogP contribution is 2.38. The first-order valence-corrected chi connectivity index (χ1v) is 6.14. The van der Waals surface area contributed by atoms with E-state index in [9.17, 15) is 0 Å². The summed E-state index contributed by atoms with van der Waals surface area (Å²) in [6.45, 7) is 4.25. The van der Waals surface area contributed by atoms with Gasteiger partial charge in [-0.05, 0) is 19.8 Å². The van der Waals surface area contributed by atoms with Gasteiger partial charge in [0.05, 0.1) is 6.61 Å². The summed E-state index contributed by atoms with van der Waals surface area (Å²) >= 11 is 0. The molecule has 0 aliphatic heterocycles. The molecule has 1 heterocycles. The first-order chi connectivity index (χ1) is 8.20. The number of ether oxygens (including phenoxy) is 1. The van der Waals surface area contributed by atoms with Gasteiger partial charge in [-0.1, -0.05) is 0 Å². The van der Waals surface area contributed by atoms with E-state index in [0.717, 1.165) is 24.8 Å². The van der Waals surface area contributed by atoms with Crippen LogP contribution in [0.4, 0.5) is 11.6 Å². The van der Waals surface area contributed by atoms with E-state index >= 15 is 0 Å². The molecule has 17 heavy (non-hydrogen) atoms. The molecule has 0 saturated heterocycles. The van der Waals surface area contributed by atoms with Crippen LogP contribution >= 0.6 is 0 Å². The molecule has 0 unspecified atom stereocenters. The van der Waals surface area contributed by atoms with E-state index in [1.54, 1.807) is 0 Å². The van der Waals surface area contributed by atoms with Gasteiger partial charge in [-0.15, -0.1) is 0 Å². The van der Waals surface area contributed by atoms with Crippen molar-refractivity contribution in [2.45, 2.75) is 25.7 Å². The molecular weight excluding hydrogens is 216 g/mol. The van der Waals surface area contributed by atoms with Crippen molar-refractivity contribution in [2.75, 3.05) is 37.4 Å². The minimum absolute atomic E-state index is 0.526. The minimum atomic E-state index is 0.526. The summed E-state index contributed by atoms with van der Waals surface area (Å²) in [4.78, 5) is 10.9. The van der Waals surface area contributed by atoms with Gasteiger partial charge >= 0.3 is 0 Å². The summed E-state index contributed by atoms with van der Waals surface area (Å²) in [5.41, 5.74) is 5.81. The number of nitrogens with zero attached hydrogens (tertiary/aromatic N) is 3. The highest BCUT2D eigenvalue weighted by atomic mass is 16.5. The molecule has 5 heteroatoms. The summed E-state index contributed by atoms with van der Waals surface area (Å²) in [5, 5.41) is 0. The highest BCUT2D eigenvalue weighted by molar-refractivity contribution is 5.47. The Kier molecular flexibility index (Phi) is 3.78. The van der Waals surface area contributed by atoms with Crippen molar-refractivity contribution in [3.8, 4) is 0 Å². The van der Waals surface area contributed by atoms with Gasteiger partial charge in [-0.25, -0.2) is 9.97 Å². The highest BCUT2D eigenvalue weighted by Gasteiger charge is 2.27. The van der Waals surface area contributed by atoms with Crippen LogP contribution in [0.2, 0.25) is 0 Å². The van der Waals surface area contributed by atoms with Gasteiger partial charge in [-0.2, -0.15) is 0 Å². The second-order valence-electron chi connectivity index (χ2n) is 4.40. The number of nitrogen functional groups attached to an aromatic ring is 1. The van der Waals surface area contributed by atoms with E-state index in [0.29, 0.717) is 18.3 Å². The summed E-state index contributed by atoms with van der Waals surface area (Å²) in [6, 6.07) is 1.82. The quantitative estimate of drug-likeness (QED) is 0.756. The summed E-state index contributed by atoms with van der Waals surface area (Å²) in [6.07, 6.45) is 2.37. The lowest BCUT2D eigenvalue weighted by atomic mass is 10.3. The monoisotopic (exact) mass is 236 g/mol. The van der Waals surface area contributed by atoms with Crippen LogP contribution in [-0.2, 0) is 4.74 Å². The van der Waals surface area contributed by atoms with Crippen molar-refractivity contribution in [1.29, 1.82) is 0 Å². The third kappa shape index (κ3) is 3.30. The lowest BCUT2D eigenvalue weighted by molar-refractivity contribution is 0.154. The largest absolute Gasteiger partial charge is 0.384 e. The molecule has 1 aliphatic rings. The number of anilines is 2. The maximum absolute atomic E-state index is 5.81. The molecule has 0 atom stereocenters. The van der Waals surface area contributed by atoms with Gasteiger partial charge < -0.3 is 15.4 Å². The summed E-state index contributed by atoms with van der Waals surface area (Å²) < 4.78 is 5.33. The molecule has 1 aromatic rings. The van der Waals surface area contributed by atoms with Gasteiger partial charge in [0.2, 0.25) is 0 Å². The van der Waals surface area contributed by atoms with E-state index in [2.05, 4.69) is 14.9 Å². The van der Waals surface area contributed by atoms with E-state index in [4.69, 9.17) is 10.5 Å². The van der Waals surface area contributed by atoms with Crippen molar-refractivity contribution in [2.24, 2.45) is 0 Å². The van der Waals surface area contributed by atoms with Crippen molar-refractivity contribution in [3.63, 3.8) is 0 Å². The number of hydrogen-bond acceptors (Lipinski definition) is 5. The summed E-state index contributed by atoms with van der Waals surface area (Å²) in [5.74, 6) is 2.86. The molecular formula is C12H20N4O. The average Bonchev–Trinajstić information content (AvgIpc) is 3.12. The molecule has 0 radical (unpaired) electrons. The maximum Gasteiger partial charge on any atom is 0.136 e. The number of rotatable bonds is 6. The smallest absolute Gasteiger partial charge is 0.136 e. The van der Waals surface area contributed by atoms with Crippen LogP contribution < -0.4 is 10.6 Å². The van der Waals surface area contributed by atoms with Gasteiger partial charge in [0.25, 0.3) is 0 Å². The average molecular weight is 236 g/mol. The van der Waals surface area contributed by atoms with Crippen molar-refractivity contribution in [3.05, 3.63) is 11.9 Å². The molecule has 2 N–H and O–H groups in total. The molecule has 0 aromatic carbocycles. The second-order valence-corrected chi connectivity index (χ2v) is 4.40. The first kappa shape index (κ1) is 12.1. The van der Waals surface area contributed by atoms with E-state index in [1.807, 2.05) is 20.0 Å². The Morgan fingerprint density at radius 1 is 1.47 bits per heavy atom. The SMILES string of the molecule is CCOCCN(C)c1cc(N)nc(C2CC2)n1. The van der Waals surface area contributed by atoms with Crippen LogP contribution in [0.3, 0.4) is 0 Å². The second kappa shape index (κ2) is 5.31. The molecule has 5 nitrogen and oxygen atoms in total. The van der Waals surface area contributed by atoms with Crippen LogP contribution in [0, 0.1) is 0 Å². The number of likely N-dealkylation sites (N-methyl/N-ethyl adjacent to an activating group) is 1. The van der Waals surface area contributed by atoms with Crippen LogP contribution in [0.5, 0.6) is 0 Å². The zero-order valence-corrected chi connectivity index (χ0v) is 10.5. The Balaban J connectivity index is 2.03. The molecule has 2 rings (SSSR count). The van der Waals surface area contributed by atoms with Crippen LogP contribution in [-0.4, -0.2) is 36.8 Å². The predicted octanol–water partition coefficient (Wildman–Crippen LogP) is 1.41. The molecule has 1 fully saturated rings. The van der Waals surface area contributed by atoms with Gasteiger partial charge in [-0.3, -0.25) is 0 Å². The van der Waals surface area contributed by atoms with Crippen molar-refractivity contribution in [1.82, 2.24) is 9.97 Å². The molecule has 0 spiro atoms. The van der Waals surface area contributed by atoms with Crippen LogP contribution in [0.15, 0.2) is 6.07 Å². The number of nitrogens with two attached hydrogens (primary N) is 1. The maximum atomic E-state index is 5.81. The van der Waals surface area contributed by atoms with Crippen molar-refractivity contribution >= 4 is 11.6 Å². The fraction of sp³-hybridized carbons (Fsp3) is 0.667. The lowest BCUT2D eigenvalue weighted by Gasteiger charge is -2.18. The summed E-state index contributed by atoms with van der Waals surface area (Å²) in [7, 11) is 2.00. The molecule has 0 bridgehead atoms. The Hall–Kier alpha value is -1.36. The molecule has 1 aromatic heterocycles. The fourth-order valence-electron chi connectivity index (χ4n) is 1.65. The number of aromatic nitrogens is 2. The molecule has 94 valence electrons. The molecule has 1 saturated carbocycles. The zero-order chi connectivity index (χ0) is 12.3. The van der Waals surface area contributed by atoms with E-state index in [1.165, 1.54) is 12.8 Å². The van der Waals surface area contributed by atoms with Crippen LogP contribution in [0.1, 0.15) is 31.5 Å². The fourth-order valence-corrected chi connectivity index (χ4v) is 1.65. The van der Waals surface area contributed by atoms with Gasteiger partial charge in [0.1, 0.15) is 17.5 Å². The van der Waals surface area contributed by atoms with E-state index in [-0.39, 0.29) is 0 Å². The zero-order valence-electron chi connectivity index (χ0n) is 10.5. The Morgan fingerprint density at radius 2 is 2.24 bits per heavy atom. The molecule has 0 amide bonds. The topological polar surface area (TPSA) is 64.3 Å². The standard InChI is InChI=1S/C12H20N4O/c1-3-17-7-6-16(2)11-8-10(13)14-12(15-11)9-4-5-9/h8-9H,3-7H2,1-2H3,(H2,13,14,15). The lowest BCUT2D eigenvalue weighted by Crippen LogP contribution is -2.24. The Morgan fingerprint density at radius 3 is 2.88 bits per heavy atom.